The van der Waals surface area contributed by atoms with Crippen LogP contribution in [0.4, 0.5) is 5.69 Å². The number of pyridine rings is 1. The summed E-state index contributed by atoms with van der Waals surface area (Å²) in [7, 11) is 0. The quantitative estimate of drug-likeness (QED) is 0.514. The van der Waals surface area contributed by atoms with Crippen LogP contribution >= 0.6 is 0 Å². The van der Waals surface area contributed by atoms with E-state index in [0.717, 1.165) is 60.7 Å². The Labute approximate surface area is 196 Å². The van der Waals surface area contributed by atoms with E-state index in [2.05, 4.69) is 77.6 Å². The van der Waals surface area contributed by atoms with Crippen molar-refractivity contribution >= 4 is 22.7 Å². The molecule has 0 bridgehead atoms. The topological polar surface area (TPSA) is 46.6 Å². The zero-order valence-electron chi connectivity index (χ0n) is 19.8. The summed E-state index contributed by atoms with van der Waals surface area (Å²) in [6.45, 7) is 9.85. The number of fused-ring (bicyclic) bond motifs is 2. The number of rotatable bonds is 6. The highest BCUT2D eigenvalue weighted by Gasteiger charge is 2.26. The van der Waals surface area contributed by atoms with Crippen LogP contribution < -0.4 is 14.8 Å². The molecule has 0 spiro atoms. The lowest BCUT2D eigenvalue weighted by molar-refractivity contribution is 0.149. The monoisotopic (exact) mass is 443 g/mol. The normalized spacial score (nSPS) is 18.0. The summed E-state index contributed by atoms with van der Waals surface area (Å²) in [6.07, 6.45) is 8.47. The maximum absolute atomic E-state index is 6.21. The summed E-state index contributed by atoms with van der Waals surface area (Å²) < 4.78 is 12.2. The van der Waals surface area contributed by atoms with Gasteiger partial charge in [0, 0.05) is 36.6 Å². The predicted molar refractivity (Wildman–Crippen MR) is 135 cm³/mol. The number of para-hydroxylation sites is 1. The van der Waals surface area contributed by atoms with Crippen molar-refractivity contribution in [3.8, 4) is 11.5 Å². The lowest BCUT2D eigenvalue weighted by Crippen LogP contribution is -2.38. The van der Waals surface area contributed by atoms with E-state index in [-0.39, 0.29) is 5.60 Å². The van der Waals surface area contributed by atoms with Gasteiger partial charge in [0.05, 0.1) is 24.0 Å². The van der Waals surface area contributed by atoms with Crippen LogP contribution in [0, 0.1) is 0 Å². The van der Waals surface area contributed by atoms with E-state index in [0.29, 0.717) is 12.6 Å². The molecule has 3 heterocycles. The van der Waals surface area contributed by atoms with Crippen LogP contribution in [0.5, 0.6) is 11.5 Å². The molecule has 1 aromatic heterocycles. The average Bonchev–Trinajstić information content (AvgIpc) is 2.81. The number of likely N-dealkylation sites (tertiary alicyclic amines) is 1. The Morgan fingerprint density at radius 2 is 1.97 bits per heavy atom. The fourth-order valence-electron chi connectivity index (χ4n) is 4.74. The van der Waals surface area contributed by atoms with Crippen LogP contribution in [-0.2, 0) is 6.54 Å². The molecule has 5 nitrogen and oxygen atoms in total. The van der Waals surface area contributed by atoms with E-state index >= 15 is 0 Å². The molecule has 0 unspecified atom stereocenters. The Hall–Kier alpha value is -3.05. The molecule has 33 heavy (non-hydrogen) atoms. The van der Waals surface area contributed by atoms with Gasteiger partial charge in [-0.2, -0.15) is 0 Å². The molecule has 0 saturated carbocycles. The second-order valence-electron chi connectivity index (χ2n) is 9.60. The predicted octanol–water partition coefficient (Wildman–Crippen LogP) is 5.89. The molecule has 0 aliphatic carbocycles. The summed E-state index contributed by atoms with van der Waals surface area (Å²) in [6, 6.07) is 15.3. The van der Waals surface area contributed by atoms with Gasteiger partial charge >= 0.3 is 0 Å². The van der Waals surface area contributed by atoms with E-state index < -0.39 is 0 Å². The standard InChI is InChI=1S/C28H33N3O2/c1-4-32-26-16-20(15-22-9-12-28(2,3)33-27(22)26)19-31-13-10-23(11-14-31)30-24-17-21-7-5-6-8-25(21)29-18-24/h5-9,12,15-18,23,30H,4,10-11,13-14,19H2,1-3H3. The van der Waals surface area contributed by atoms with Gasteiger partial charge in [0.2, 0.25) is 0 Å². The first kappa shape index (κ1) is 21.8. The van der Waals surface area contributed by atoms with Crippen molar-refractivity contribution in [2.24, 2.45) is 0 Å². The van der Waals surface area contributed by atoms with E-state index in [1.165, 1.54) is 10.9 Å². The van der Waals surface area contributed by atoms with Crippen molar-refractivity contribution in [1.82, 2.24) is 9.88 Å². The van der Waals surface area contributed by atoms with Gasteiger partial charge < -0.3 is 14.8 Å². The first-order chi connectivity index (χ1) is 16.0. The highest BCUT2D eigenvalue weighted by atomic mass is 16.5. The van der Waals surface area contributed by atoms with Crippen LogP contribution in [0.25, 0.3) is 17.0 Å². The summed E-state index contributed by atoms with van der Waals surface area (Å²) >= 11 is 0. The molecule has 0 amide bonds. The van der Waals surface area contributed by atoms with Crippen molar-refractivity contribution in [1.29, 1.82) is 0 Å². The minimum absolute atomic E-state index is 0.310. The van der Waals surface area contributed by atoms with Crippen molar-refractivity contribution in [2.75, 3.05) is 25.0 Å². The molecule has 2 aromatic carbocycles. The Morgan fingerprint density at radius 3 is 2.79 bits per heavy atom. The number of hydrogen-bond donors (Lipinski definition) is 1. The SMILES string of the molecule is CCOc1cc(CN2CCC(Nc3cnc4ccccc4c3)CC2)cc2c1OC(C)(C)C=C2. The maximum Gasteiger partial charge on any atom is 0.169 e. The number of ether oxygens (including phenoxy) is 2. The largest absolute Gasteiger partial charge is 0.490 e. The molecule has 1 fully saturated rings. The third kappa shape index (κ3) is 4.98. The van der Waals surface area contributed by atoms with Crippen molar-refractivity contribution < 1.29 is 9.47 Å². The average molecular weight is 444 g/mol. The molecule has 5 heteroatoms. The molecule has 0 atom stereocenters. The van der Waals surface area contributed by atoms with Gasteiger partial charge in [-0.25, -0.2) is 0 Å². The van der Waals surface area contributed by atoms with Crippen LogP contribution in [0.3, 0.4) is 0 Å². The van der Waals surface area contributed by atoms with Crippen LogP contribution in [-0.4, -0.2) is 41.2 Å². The van der Waals surface area contributed by atoms with Gasteiger partial charge in [0.25, 0.3) is 0 Å². The number of aromatic nitrogens is 1. The second-order valence-corrected chi connectivity index (χ2v) is 9.60. The second kappa shape index (κ2) is 9.06. The molecule has 1 saturated heterocycles. The Kier molecular flexibility index (Phi) is 5.98. The zero-order chi connectivity index (χ0) is 22.8. The van der Waals surface area contributed by atoms with Crippen LogP contribution in [0.1, 0.15) is 44.7 Å². The van der Waals surface area contributed by atoms with Gasteiger partial charge in [0.15, 0.2) is 11.5 Å². The van der Waals surface area contributed by atoms with Crippen molar-refractivity contribution in [3.05, 3.63) is 65.9 Å². The first-order valence-corrected chi connectivity index (χ1v) is 12.0. The molecule has 0 radical (unpaired) electrons. The van der Waals surface area contributed by atoms with E-state index in [1.54, 1.807) is 0 Å². The molecular weight excluding hydrogens is 410 g/mol. The highest BCUT2D eigenvalue weighted by Crippen LogP contribution is 2.40. The fraction of sp³-hybridized carbons (Fsp3) is 0.393. The molecular formula is C28H33N3O2. The van der Waals surface area contributed by atoms with E-state index in [1.807, 2.05) is 19.2 Å². The molecule has 1 N–H and O–H groups in total. The Balaban J connectivity index is 1.22. The van der Waals surface area contributed by atoms with Gasteiger partial charge in [-0.1, -0.05) is 24.3 Å². The van der Waals surface area contributed by atoms with Crippen molar-refractivity contribution in [3.63, 3.8) is 0 Å². The molecule has 172 valence electrons. The zero-order valence-corrected chi connectivity index (χ0v) is 19.8. The number of piperidine rings is 1. The number of hydrogen-bond acceptors (Lipinski definition) is 5. The lowest BCUT2D eigenvalue weighted by Gasteiger charge is -2.33. The number of nitrogens with zero attached hydrogens (tertiary/aromatic N) is 2. The maximum atomic E-state index is 6.21. The number of anilines is 1. The van der Waals surface area contributed by atoms with Gasteiger partial charge in [-0.3, -0.25) is 9.88 Å². The van der Waals surface area contributed by atoms with Crippen molar-refractivity contribution in [2.45, 2.75) is 51.8 Å². The number of benzene rings is 2. The van der Waals surface area contributed by atoms with E-state index in [9.17, 15) is 0 Å². The minimum atomic E-state index is -0.310. The third-order valence-electron chi connectivity index (χ3n) is 6.43. The summed E-state index contributed by atoms with van der Waals surface area (Å²) in [4.78, 5) is 7.12. The Bertz CT molecular complexity index is 1160. The summed E-state index contributed by atoms with van der Waals surface area (Å²) in [5, 5.41) is 4.88. The molecule has 2 aliphatic rings. The van der Waals surface area contributed by atoms with Crippen LogP contribution in [0.15, 0.2) is 54.7 Å². The summed E-state index contributed by atoms with van der Waals surface area (Å²) in [5.74, 6) is 1.71. The first-order valence-electron chi connectivity index (χ1n) is 12.0. The lowest BCUT2D eigenvalue weighted by atomic mass is 9.99. The minimum Gasteiger partial charge on any atom is -0.490 e. The van der Waals surface area contributed by atoms with Gasteiger partial charge in [0.1, 0.15) is 5.60 Å². The van der Waals surface area contributed by atoms with E-state index in [4.69, 9.17) is 9.47 Å². The number of nitrogens with one attached hydrogen (secondary N) is 1. The molecule has 5 rings (SSSR count). The fourth-order valence-corrected chi connectivity index (χ4v) is 4.74. The molecule has 2 aliphatic heterocycles. The van der Waals surface area contributed by atoms with Gasteiger partial charge in [-0.15, -0.1) is 0 Å². The molecule has 3 aromatic rings. The van der Waals surface area contributed by atoms with Crippen LogP contribution in [0.2, 0.25) is 0 Å². The highest BCUT2D eigenvalue weighted by molar-refractivity contribution is 5.81. The third-order valence-corrected chi connectivity index (χ3v) is 6.43. The Morgan fingerprint density at radius 1 is 1.15 bits per heavy atom. The summed E-state index contributed by atoms with van der Waals surface area (Å²) in [5.41, 5.74) is 4.22. The van der Waals surface area contributed by atoms with Gasteiger partial charge in [-0.05, 0) is 69.5 Å². The smallest absolute Gasteiger partial charge is 0.169 e.